The van der Waals surface area contributed by atoms with Crippen molar-refractivity contribution in [3.63, 3.8) is 0 Å². The van der Waals surface area contributed by atoms with E-state index in [4.69, 9.17) is 4.78 Å². The van der Waals surface area contributed by atoms with Gasteiger partial charge in [0.1, 0.15) is 17.0 Å². The highest BCUT2D eigenvalue weighted by molar-refractivity contribution is 7.91. The molecule has 0 aliphatic heterocycles. The fourth-order valence-corrected chi connectivity index (χ4v) is 4.52. The minimum atomic E-state index is -5.20. The molecule has 2 aromatic rings. The fraction of sp³-hybridized carbons (Fsp3) is 0.500. The molecule has 0 saturated heterocycles. The Labute approximate surface area is 189 Å². The average Bonchev–Trinajstić information content (AvgIpc) is 3.58. The first-order chi connectivity index (χ1) is 15.5. The van der Waals surface area contributed by atoms with Gasteiger partial charge in [0.25, 0.3) is 5.91 Å². The van der Waals surface area contributed by atoms with E-state index >= 15 is 0 Å². The summed E-state index contributed by atoms with van der Waals surface area (Å²) in [5, 5.41) is 5.83. The van der Waals surface area contributed by atoms with E-state index in [0.717, 1.165) is 12.3 Å². The van der Waals surface area contributed by atoms with Crippen LogP contribution in [0.2, 0.25) is 0 Å². The standard InChI is InChI=1S/C20H19F7N4O2S/c1-34(28,33)12-4-2-3-11(8-12)29-17(32)15-14(20(25,26)27)16(18(21)5-6-18)30-31(15)9-10-7-13(10)19(22,23)24/h2-4,8,10,13,28H,5-7,9H2,1H3,(H,29,32)/t10?,13-,34-/m0/s1. The first-order valence-corrected chi connectivity index (χ1v) is 12.1. The van der Waals surface area contributed by atoms with E-state index in [9.17, 15) is 39.7 Å². The zero-order chi connectivity index (χ0) is 25.3. The van der Waals surface area contributed by atoms with Crippen LogP contribution in [-0.2, 0) is 28.1 Å². The molecule has 1 aromatic heterocycles. The minimum absolute atomic E-state index is 0.00207. The molecule has 2 N–H and O–H groups in total. The molecule has 1 heterocycles. The first kappa shape index (κ1) is 24.5. The van der Waals surface area contributed by atoms with Gasteiger partial charge >= 0.3 is 12.4 Å². The van der Waals surface area contributed by atoms with E-state index in [1.165, 1.54) is 18.2 Å². The Bertz CT molecular complexity index is 1250. The van der Waals surface area contributed by atoms with Crippen molar-refractivity contribution in [2.45, 2.75) is 48.7 Å². The molecule has 14 heteroatoms. The smallest absolute Gasteiger partial charge is 0.321 e. The van der Waals surface area contributed by atoms with Crippen molar-refractivity contribution in [1.29, 1.82) is 4.78 Å². The van der Waals surface area contributed by atoms with E-state index in [0.29, 0.717) is 4.68 Å². The maximum absolute atomic E-state index is 14.8. The number of nitrogens with one attached hydrogen (secondary N) is 2. The summed E-state index contributed by atoms with van der Waals surface area (Å²) < 4.78 is 116. The topological polar surface area (TPSA) is 87.8 Å². The summed E-state index contributed by atoms with van der Waals surface area (Å²) >= 11 is 0. The normalized spacial score (nSPS) is 23.3. The van der Waals surface area contributed by atoms with Crippen molar-refractivity contribution in [2.75, 3.05) is 11.6 Å². The Morgan fingerprint density at radius 1 is 1.26 bits per heavy atom. The summed E-state index contributed by atoms with van der Waals surface area (Å²) in [7, 11) is -3.21. The lowest BCUT2D eigenvalue weighted by atomic mass is 10.1. The Kier molecular flexibility index (Phi) is 5.53. The van der Waals surface area contributed by atoms with Crippen LogP contribution in [0, 0.1) is 16.6 Å². The van der Waals surface area contributed by atoms with Crippen LogP contribution < -0.4 is 5.32 Å². The molecule has 1 amide bonds. The molecule has 1 aromatic carbocycles. The predicted molar refractivity (Wildman–Crippen MR) is 106 cm³/mol. The molecular weight excluding hydrogens is 493 g/mol. The number of anilines is 1. The Hall–Kier alpha value is -2.64. The van der Waals surface area contributed by atoms with Crippen molar-refractivity contribution >= 4 is 21.3 Å². The molecule has 2 aliphatic carbocycles. The molecule has 3 atom stereocenters. The van der Waals surface area contributed by atoms with Gasteiger partial charge in [-0.3, -0.25) is 9.48 Å². The van der Waals surface area contributed by atoms with Gasteiger partial charge < -0.3 is 5.32 Å². The van der Waals surface area contributed by atoms with E-state index in [-0.39, 0.29) is 29.8 Å². The first-order valence-electron chi connectivity index (χ1n) is 10.1. The number of benzene rings is 1. The summed E-state index contributed by atoms with van der Waals surface area (Å²) in [6, 6.07) is 5.08. The lowest BCUT2D eigenvalue weighted by molar-refractivity contribution is -0.151. The van der Waals surface area contributed by atoms with Crippen molar-refractivity contribution in [2.24, 2.45) is 11.8 Å². The van der Waals surface area contributed by atoms with Gasteiger partial charge in [0.2, 0.25) is 0 Å². The highest BCUT2D eigenvalue weighted by Gasteiger charge is 2.58. The molecule has 6 nitrogen and oxygen atoms in total. The van der Waals surface area contributed by atoms with Gasteiger partial charge in [-0.05, 0) is 43.4 Å². The van der Waals surface area contributed by atoms with Crippen LogP contribution in [0.3, 0.4) is 0 Å². The lowest BCUT2D eigenvalue weighted by Gasteiger charge is -2.14. The SMILES string of the molecule is C[S@](=N)(=O)c1cccc(NC(=O)c2c(C(F)(F)F)c(C3(F)CC3)nn2CC2C[C@@H]2C(F)(F)F)c1. The highest BCUT2D eigenvalue weighted by Crippen LogP contribution is 2.54. The zero-order valence-corrected chi connectivity index (χ0v) is 18.4. The van der Waals surface area contributed by atoms with Gasteiger partial charge in [0.15, 0.2) is 5.67 Å². The second kappa shape index (κ2) is 7.68. The van der Waals surface area contributed by atoms with E-state index < -0.39 is 69.0 Å². The Morgan fingerprint density at radius 2 is 1.91 bits per heavy atom. The number of rotatable bonds is 6. The summed E-state index contributed by atoms with van der Waals surface area (Å²) in [6.07, 6.45) is -9.47. The van der Waals surface area contributed by atoms with Crippen LogP contribution in [0.1, 0.15) is 41.0 Å². The molecule has 0 spiro atoms. The molecule has 34 heavy (non-hydrogen) atoms. The number of carbonyl (C=O) groups is 1. The van der Waals surface area contributed by atoms with Gasteiger partial charge in [-0.15, -0.1) is 0 Å². The third-order valence-corrected chi connectivity index (χ3v) is 7.01. The third-order valence-electron chi connectivity index (χ3n) is 5.86. The van der Waals surface area contributed by atoms with Gasteiger partial charge in [0.05, 0.1) is 15.6 Å². The average molecular weight is 512 g/mol. The third kappa shape index (κ3) is 4.77. The summed E-state index contributed by atoms with van der Waals surface area (Å²) in [5.41, 5.74) is -6.21. The number of amides is 1. The van der Waals surface area contributed by atoms with Crippen molar-refractivity contribution in [1.82, 2.24) is 9.78 Å². The van der Waals surface area contributed by atoms with Crippen LogP contribution in [0.5, 0.6) is 0 Å². The number of nitrogens with zero attached hydrogens (tertiary/aromatic N) is 2. The van der Waals surface area contributed by atoms with E-state index in [2.05, 4.69) is 10.4 Å². The monoisotopic (exact) mass is 512 g/mol. The largest absolute Gasteiger partial charge is 0.420 e. The number of halogens is 7. The molecule has 186 valence electrons. The van der Waals surface area contributed by atoms with Crippen molar-refractivity contribution < 1.29 is 39.7 Å². The fourth-order valence-electron chi connectivity index (χ4n) is 3.83. The molecule has 1 unspecified atom stereocenters. The van der Waals surface area contributed by atoms with Gasteiger partial charge in [-0.2, -0.15) is 31.4 Å². The van der Waals surface area contributed by atoms with Gasteiger partial charge in [-0.25, -0.2) is 13.4 Å². The van der Waals surface area contributed by atoms with E-state index in [1.807, 2.05) is 0 Å². The molecular formula is C20H19F7N4O2S. The van der Waals surface area contributed by atoms with Gasteiger partial charge in [-0.1, -0.05) is 6.07 Å². The lowest BCUT2D eigenvalue weighted by Crippen LogP contribution is -2.24. The van der Waals surface area contributed by atoms with Crippen LogP contribution in [-0.4, -0.2) is 32.3 Å². The van der Waals surface area contributed by atoms with Crippen LogP contribution in [0.4, 0.5) is 36.4 Å². The zero-order valence-electron chi connectivity index (χ0n) is 17.6. The van der Waals surface area contributed by atoms with Crippen LogP contribution in [0.25, 0.3) is 0 Å². The van der Waals surface area contributed by atoms with E-state index in [1.54, 1.807) is 0 Å². The molecule has 2 aliphatic rings. The summed E-state index contributed by atoms with van der Waals surface area (Å²) in [6.45, 7) is -0.637. The van der Waals surface area contributed by atoms with Crippen LogP contribution >= 0.6 is 0 Å². The van der Waals surface area contributed by atoms with Crippen molar-refractivity contribution in [3.8, 4) is 0 Å². The number of carbonyl (C=O) groups excluding carboxylic acids is 1. The Morgan fingerprint density at radius 3 is 2.41 bits per heavy atom. The quantitative estimate of drug-likeness (QED) is 0.512. The highest BCUT2D eigenvalue weighted by atomic mass is 32.2. The van der Waals surface area contributed by atoms with Crippen LogP contribution in [0.15, 0.2) is 29.2 Å². The van der Waals surface area contributed by atoms with Crippen molar-refractivity contribution in [3.05, 3.63) is 41.2 Å². The Balaban J connectivity index is 1.75. The number of aromatic nitrogens is 2. The summed E-state index contributed by atoms with van der Waals surface area (Å²) in [5.74, 6) is -4.19. The maximum Gasteiger partial charge on any atom is 0.420 e. The second-order valence-corrected chi connectivity index (χ2v) is 10.8. The number of hydrogen-bond acceptors (Lipinski definition) is 4. The molecule has 4 rings (SSSR count). The minimum Gasteiger partial charge on any atom is -0.321 e. The molecule has 2 fully saturated rings. The molecule has 0 bridgehead atoms. The summed E-state index contributed by atoms with van der Waals surface area (Å²) in [4.78, 5) is 13.0. The number of alkyl halides is 7. The molecule has 0 radical (unpaired) electrons. The van der Waals surface area contributed by atoms with Gasteiger partial charge in [0, 0.05) is 23.4 Å². The maximum atomic E-state index is 14.8. The predicted octanol–water partition coefficient (Wildman–Crippen LogP) is 5.35. The number of hydrogen-bond donors (Lipinski definition) is 2. The second-order valence-electron chi connectivity index (χ2n) is 8.69. The molecule has 2 saturated carbocycles.